The molecule has 6 heteroatoms. The number of methoxy groups -OCH3 is 1. The number of fused-ring (bicyclic) bond motifs is 2. The van der Waals surface area contributed by atoms with E-state index in [1.165, 1.54) is 0 Å². The second-order valence-corrected chi connectivity index (χ2v) is 6.76. The van der Waals surface area contributed by atoms with Gasteiger partial charge < -0.3 is 24.5 Å². The summed E-state index contributed by atoms with van der Waals surface area (Å²) in [5, 5.41) is 3.94. The van der Waals surface area contributed by atoms with E-state index in [0.717, 1.165) is 22.2 Å². The highest BCUT2D eigenvalue weighted by Crippen LogP contribution is 2.36. The van der Waals surface area contributed by atoms with Crippen molar-refractivity contribution in [1.82, 2.24) is 4.98 Å². The van der Waals surface area contributed by atoms with Crippen molar-refractivity contribution in [3.05, 3.63) is 48.2 Å². The number of ether oxygens (including phenoxy) is 3. The average Bonchev–Trinajstić information content (AvgIpc) is 3.27. The Morgan fingerprint density at radius 2 is 1.96 bits per heavy atom. The smallest absolute Gasteiger partial charge is 0.234 e. The number of hydrogen-bond donors (Lipinski definition) is 2. The van der Waals surface area contributed by atoms with Crippen molar-refractivity contribution in [2.24, 2.45) is 0 Å². The molecule has 0 atom stereocenters. The van der Waals surface area contributed by atoms with Gasteiger partial charge in [0.1, 0.15) is 5.75 Å². The number of amides is 1. The molecule has 1 amide bonds. The van der Waals surface area contributed by atoms with Crippen LogP contribution < -0.4 is 19.5 Å². The molecule has 0 saturated carbocycles. The lowest BCUT2D eigenvalue weighted by atomic mass is 9.83. The number of benzene rings is 2. The number of H-pyrrole nitrogens is 1. The molecule has 6 nitrogen and oxygen atoms in total. The standard InChI is InChI=1S/C20H20N2O4/c1-20(2,15-10-21-16-6-5-13(24-3)9-14(15)16)19(23)22-12-4-7-17-18(8-12)26-11-25-17/h4-10,21H,11H2,1-3H3,(H,22,23). The Bertz CT molecular complexity index is 991. The molecule has 0 bridgehead atoms. The summed E-state index contributed by atoms with van der Waals surface area (Å²) in [6, 6.07) is 11.2. The molecule has 134 valence electrons. The van der Waals surface area contributed by atoms with Crippen molar-refractivity contribution in [2.75, 3.05) is 19.2 Å². The van der Waals surface area contributed by atoms with Crippen molar-refractivity contribution in [2.45, 2.75) is 19.3 Å². The SMILES string of the molecule is COc1ccc2[nH]cc(C(C)(C)C(=O)Nc3ccc4c(c3)OCO4)c2c1. The summed E-state index contributed by atoms with van der Waals surface area (Å²) in [4.78, 5) is 16.2. The molecule has 0 aliphatic carbocycles. The van der Waals surface area contributed by atoms with Crippen LogP contribution in [0.2, 0.25) is 0 Å². The molecule has 0 saturated heterocycles. The van der Waals surface area contributed by atoms with Gasteiger partial charge in [-0.25, -0.2) is 0 Å². The Morgan fingerprint density at radius 3 is 2.77 bits per heavy atom. The minimum atomic E-state index is -0.749. The number of carbonyl (C=O) groups is 1. The van der Waals surface area contributed by atoms with Crippen molar-refractivity contribution in [3.63, 3.8) is 0 Å². The summed E-state index contributed by atoms with van der Waals surface area (Å²) < 4.78 is 16.0. The maximum atomic E-state index is 13.0. The minimum absolute atomic E-state index is 0.111. The van der Waals surface area contributed by atoms with Crippen LogP contribution >= 0.6 is 0 Å². The van der Waals surface area contributed by atoms with Crippen LogP contribution in [0.4, 0.5) is 5.69 Å². The molecule has 4 rings (SSSR count). The lowest BCUT2D eigenvalue weighted by Crippen LogP contribution is -2.34. The maximum Gasteiger partial charge on any atom is 0.234 e. The number of anilines is 1. The van der Waals surface area contributed by atoms with Crippen molar-refractivity contribution >= 4 is 22.5 Å². The Kier molecular flexibility index (Phi) is 3.76. The van der Waals surface area contributed by atoms with Crippen LogP contribution in [0.25, 0.3) is 10.9 Å². The zero-order valence-electron chi connectivity index (χ0n) is 14.9. The van der Waals surface area contributed by atoms with Crippen LogP contribution in [0, 0.1) is 0 Å². The van der Waals surface area contributed by atoms with E-state index in [-0.39, 0.29) is 12.7 Å². The van der Waals surface area contributed by atoms with Crippen LogP contribution in [0.15, 0.2) is 42.6 Å². The first kappa shape index (κ1) is 16.3. The first-order chi connectivity index (χ1) is 12.5. The highest BCUT2D eigenvalue weighted by Gasteiger charge is 2.32. The van der Waals surface area contributed by atoms with Crippen LogP contribution in [-0.2, 0) is 10.2 Å². The fraction of sp³-hybridized carbons (Fsp3) is 0.250. The van der Waals surface area contributed by atoms with Crippen LogP contribution in [0.5, 0.6) is 17.2 Å². The van der Waals surface area contributed by atoms with Gasteiger partial charge in [-0.15, -0.1) is 0 Å². The Balaban J connectivity index is 1.64. The largest absolute Gasteiger partial charge is 0.497 e. The highest BCUT2D eigenvalue weighted by atomic mass is 16.7. The van der Waals surface area contributed by atoms with Crippen molar-refractivity contribution < 1.29 is 19.0 Å². The maximum absolute atomic E-state index is 13.0. The van der Waals surface area contributed by atoms with Gasteiger partial charge in [-0.1, -0.05) is 0 Å². The molecule has 1 aliphatic heterocycles. The van der Waals surface area contributed by atoms with Gasteiger partial charge >= 0.3 is 0 Å². The molecule has 2 aromatic carbocycles. The molecule has 0 spiro atoms. The van der Waals surface area contributed by atoms with Gasteiger partial charge in [0.2, 0.25) is 12.7 Å². The number of carbonyl (C=O) groups excluding carboxylic acids is 1. The first-order valence-electron chi connectivity index (χ1n) is 8.36. The molecule has 26 heavy (non-hydrogen) atoms. The minimum Gasteiger partial charge on any atom is -0.497 e. The lowest BCUT2D eigenvalue weighted by Gasteiger charge is -2.23. The van der Waals surface area contributed by atoms with Gasteiger partial charge in [0.25, 0.3) is 0 Å². The van der Waals surface area contributed by atoms with E-state index in [1.807, 2.05) is 38.2 Å². The molecule has 2 heterocycles. The summed E-state index contributed by atoms with van der Waals surface area (Å²) in [5.41, 5.74) is 1.79. The third kappa shape index (κ3) is 2.63. The highest BCUT2D eigenvalue weighted by molar-refractivity contribution is 6.02. The van der Waals surface area contributed by atoms with Crippen LogP contribution in [-0.4, -0.2) is 24.8 Å². The van der Waals surface area contributed by atoms with Crippen molar-refractivity contribution in [1.29, 1.82) is 0 Å². The fourth-order valence-corrected chi connectivity index (χ4v) is 3.13. The van der Waals surface area contributed by atoms with E-state index in [2.05, 4.69) is 10.3 Å². The normalized spacial score (nSPS) is 13.0. The average molecular weight is 352 g/mol. The molecule has 1 aromatic heterocycles. The van der Waals surface area contributed by atoms with Gasteiger partial charge in [-0.05, 0) is 49.7 Å². The number of rotatable bonds is 4. The van der Waals surface area contributed by atoms with Crippen LogP contribution in [0.3, 0.4) is 0 Å². The summed E-state index contributed by atoms with van der Waals surface area (Å²) in [7, 11) is 1.63. The van der Waals surface area contributed by atoms with Gasteiger partial charge in [0.15, 0.2) is 11.5 Å². The van der Waals surface area contributed by atoms with Gasteiger partial charge in [0.05, 0.1) is 12.5 Å². The number of hydrogen-bond acceptors (Lipinski definition) is 4. The van der Waals surface area contributed by atoms with Gasteiger partial charge in [0, 0.05) is 28.9 Å². The lowest BCUT2D eigenvalue weighted by molar-refractivity contribution is -0.120. The van der Waals surface area contributed by atoms with E-state index in [0.29, 0.717) is 17.2 Å². The predicted octanol–water partition coefficient (Wildman–Crippen LogP) is 3.82. The molecule has 2 N–H and O–H groups in total. The Hall–Kier alpha value is -3.15. The van der Waals surface area contributed by atoms with E-state index in [1.54, 1.807) is 25.3 Å². The monoisotopic (exact) mass is 352 g/mol. The summed E-state index contributed by atoms with van der Waals surface area (Å²) in [5.74, 6) is 1.97. The molecule has 0 radical (unpaired) electrons. The van der Waals surface area contributed by atoms with E-state index in [4.69, 9.17) is 14.2 Å². The molecular formula is C20H20N2O4. The van der Waals surface area contributed by atoms with E-state index < -0.39 is 5.41 Å². The molecule has 0 unspecified atom stereocenters. The Morgan fingerprint density at radius 1 is 1.15 bits per heavy atom. The number of aromatic amines is 1. The van der Waals surface area contributed by atoms with E-state index >= 15 is 0 Å². The fourth-order valence-electron chi connectivity index (χ4n) is 3.13. The first-order valence-corrected chi connectivity index (χ1v) is 8.36. The number of nitrogens with one attached hydrogen (secondary N) is 2. The zero-order valence-corrected chi connectivity index (χ0v) is 14.9. The summed E-state index contributed by atoms with van der Waals surface area (Å²) >= 11 is 0. The number of aromatic nitrogens is 1. The second kappa shape index (κ2) is 5.98. The zero-order chi connectivity index (χ0) is 18.3. The molecule has 0 fully saturated rings. The van der Waals surface area contributed by atoms with Crippen LogP contribution in [0.1, 0.15) is 19.4 Å². The molecular weight excluding hydrogens is 332 g/mol. The second-order valence-electron chi connectivity index (χ2n) is 6.76. The summed E-state index contributed by atoms with van der Waals surface area (Å²) in [6.07, 6.45) is 1.88. The van der Waals surface area contributed by atoms with E-state index in [9.17, 15) is 4.79 Å². The predicted molar refractivity (Wildman–Crippen MR) is 99.1 cm³/mol. The molecule has 3 aromatic rings. The summed E-state index contributed by atoms with van der Waals surface area (Å²) in [6.45, 7) is 4.00. The quantitative estimate of drug-likeness (QED) is 0.749. The van der Waals surface area contributed by atoms with Gasteiger partial charge in [-0.3, -0.25) is 4.79 Å². The molecule has 1 aliphatic rings. The third-order valence-corrected chi connectivity index (χ3v) is 4.76. The Labute approximate surface area is 151 Å². The topological polar surface area (TPSA) is 72.6 Å². The van der Waals surface area contributed by atoms with Crippen molar-refractivity contribution in [3.8, 4) is 17.2 Å². The van der Waals surface area contributed by atoms with Gasteiger partial charge in [-0.2, -0.15) is 0 Å². The third-order valence-electron chi connectivity index (χ3n) is 4.76.